The number of hydrogen-bond donors (Lipinski definition) is 0. The Balaban J connectivity index is 3.35. The van der Waals surface area contributed by atoms with Gasteiger partial charge >= 0.3 is 17.8 Å². The van der Waals surface area contributed by atoms with Crippen LogP contribution < -0.4 is 4.90 Å². The second-order valence-corrected chi connectivity index (χ2v) is 5.24. The molecule has 0 fully saturated rings. The number of anilines is 1. The van der Waals surface area contributed by atoms with Gasteiger partial charge in [-0.3, -0.25) is 19.8 Å². The summed E-state index contributed by atoms with van der Waals surface area (Å²) in [5.74, 6) is -2.96. The zero-order valence-electron chi connectivity index (χ0n) is 13.2. The van der Waals surface area contributed by atoms with Crippen LogP contribution in [0.3, 0.4) is 0 Å². The van der Waals surface area contributed by atoms with E-state index in [0.29, 0.717) is 0 Å². The van der Waals surface area contributed by atoms with E-state index in [4.69, 9.17) is 4.74 Å². The van der Waals surface area contributed by atoms with Crippen LogP contribution in [0.25, 0.3) is 0 Å². The number of likely N-dealkylation sites (N-methyl/N-ethyl adjacent to an activating group) is 1. The first-order valence-electron chi connectivity index (χ1n) is 6.84. The quantitative estimate of drug-likeness (QED) is 0.320. The van der Waals surface area contributed by atoms with Crippen LogP contribution in [0.4, 0.5) is 11.4 Å². The normalized spacial score (nSPS) is 10.0. The van der Waals surface area contributed by atoms with Crippen LogP contribution in [0.2, 0.25) is 0 Å². The van der Waals surface area contributed by atoms with Gasteiger partial charge in [0.05, 0.1) is 23.7 Å². The lowest BCUT2D eigenvalue weighted by atomic mass is 10.1. The summed E-state index contributed by atoms with van der Waals surface area (Å²) in [6.07, 6.45) is 0. The molecule has 9 nitrogen and oxygen atoms in total. The molecule has 0 saturated heterocycles. The summed E-state index contributed by atoms with van der Waals surface area (Å²) in [5.41, 5.74) is -0.760. The standard InChI is InChI=1S/C14H15BrN2O7/c1-4-23-13(19)8-6-11(17(21)22)10(7-9(8)15)16(3)12(18)14(20)24-5-2/h6-7H,4-5H2,1-3H3. The minimum atomic E-state index is -1.14. The molecule has 0 radical (unpaired) electrons. The van der Waals surface area contributed by atoms with Gasteiger partial charge in [0.25, 0.3) is 5.69 Å². The fourth-order valence-electron chi connectivity index (χ4n) is 1.77. The van der Waals surface area contributed by atoms with Crippen molar-refractivity contribution in [3.05, 3.63) is 32.3 Å². The van der Waals surface area contributed by atoms with Crippen LogP contribution in [0, 0.1) is 10.1 Å². The first kappa shape index (κ1) is 19.6. The maximum atomic E-state index is 12.0. The number of nitro groups is 1. The van der Waals surface area contributed by atoms with Crippen molar-refractivity contribution in [2.24, 2.45) is 0 Å². The van der Waals surface area contributed by atoms with E-state index >= 15 is 0 Å². The molecule has 0 spiro atoms. The third kappa shape index (κ3) is 4.28. The molecule has 1 aromatic rings. The summed E-state index contributed by atoms with van der Waals surface area (Å²) in [7, 11) is 1.19. The lowest BCUT2D eigenvalue weighted by Crippen LogP contribution is -2.35. The number of amides is 1. The number of nitrogens with zero attached hydrogens (tertiary/aromatic N) is 2. The SMILES string of the molecule is CCOC(=O)C(=O)N(C)c1cc(Br)c(C(=O)OCC)cc1[N+](=O)[O-]. The number of carbonyl (C=O) groups is 3. The summed E-state index contributed by atoms with van der Waals surface area (Å²) >= 11 is 3.11. The molecule has 1 rings (SSSR count). The Labute approximate surface area is 145 Å². The Bertz CT molecular complexity index is 690. The molecule has 10 heteroatoms. The molecule has 0 unspecified atom stereocenters. The third-order valence-electron chi connectivity index (χ3n) is 2.87. The number of benzene rings is 1. The number of carbonyl (C=O) groups excluding carboxylic acids is 3. The van der Waals surface area contributed by atoms with E-state index in [1.807, 2.05) is 0 Å². The van der Waals surface area contributed by atoms with E-state index in [0.717, 1.165) is 11.0 Å². The Kier molecular flexibility index (Phi) is 6.83. The predicted octanol–water partition coefficient (Wildman–Crippen LogP) is 2.06. The van der Waals surface area contributed by atoms with Gasteiger partial charge in [0, 0.05) is 17.6 Å². The summed E-state index contributed by atoms with van der Waals surface area (Å²) < 4.78 is 9.59. The average molecular weight is 403 g/mol. The maximum absolute atomic E-state index is 12.0. The number of esters is 2. The molecule has 0 heterocycles. The first-order chi connectivity index (χ1) is 11.2. The number of nitro benzene ring substituents is 1. The number of rotatable bonds is 5. The fraction of sp³-hybridized carbons (Fsp3) is 0.357. The molecule has 0 saturated carbocycles. The van der Waals surface area contributed by atoms with Crippen LogP contribution in [0.5, 0.6) is 0 Å². The van der Waals surface area contributed by atoms with Crippen LogP contribution in [-0.4, -0.2) is 43.0 Å². The van der Waals surface area contributed by atoms with Crippen molar-refractivity contribution in [2.75, 3.05) is 25.2 Å². The van der Waals surface area contributed by atoms with Crippen molar-refractivity contribution in [3.8, 4) is 0 Å². The molecule has 130 valence electrons. The van der Waals surface area contributed by atoms with Crippen LogP contribution >= 0.6 is 15.9 Å². The van der Waals surface area contributed by atoms with E-state index in [9.17, 15) is 24.5 Å². The highest BCUT2D eigenvalue weighted by Crippen LogP contribution is 2.34. The summed E-state index contributed by atoms with van der Waals surface area (Å²) in [6.45, 7) is 3.22. The molecule has 0 aliphatic carbocycles. The molecule has 1 amide bonds. The largest absolute Gasteiger partial charge is 0.462 e. The van der Waals surface area contributed by atoms with Crippen molar-refractivity contribution in [2.45, 2.75) is 13.8 Å². The molecule has 0 aliphatic rings. The second kappa shape index (κ2) is 8.39. The molecular formula is C14H15BrN2O7. The van der Waals surface area contributed by atoms with E-state index in [-0.39, 0.29) is 28.9 Å². The summed E-state index contributed by atoms with van der Waals surface area (Å²) in [5, 5.41) is 11.3. The van der Waals surface area contributed by atoms with Crippen molar-refractivity contribution in [1.29, 1.82) is 0 Å². The fourth-order valence-corrected chi connectivity index (χ4v) is 2.26. The van der Waals surface area contributed by atoms with Gasteiger partial charge in [0.15, 0.2) is 0 Å². The summed E-state index contributed by atoms with van der Waals surface area (Å²) in [6, 6.07) is 2.17. The zero-order chi connectivity index (χ0) is 18.4. The monoisotopic (exact) mass is 402 g/mol. The molecule has 24 heavy (non-hydrogen) atoms. The van der Waals surface area contributed by atoms with Crippen molar-refractivity contribution < 1.29 is 28.8 Å². The molecule has 1 aromatic carbocycles. The molecule has 0 atom stereocenters. The molecule has 0 aromatic heterocycles. The number of hydrogen-bond acceptors (Lipinski definition) is 7. The third-order valence-corrected chi connectivity index (χ3v) is 3.53. The topological polar surface area (TPSA) is 116 Å². The first-order valence-corrected chi connectivity index (χ1v) is 7.63. The Hall–Kier alpha value is -2.49. The number of halogens is 1. The van der Waals surface area contributed by atoms with Crippen LogP contribution in [-0.2, 0) is 19.1 Å². The van der Waals surface area contributed by atoms with Gasteiger partial charge in [-0.05, 0) is 35.8 Å². The van der Waals surface area contributed by atoms with E-state index < -0.39 is 28.5 Å². The Morgan fingerprint density at radius 2 is 1.79 bits per heavy atom. The van der Waals surface area contributed by atoms with Gasteiger partial charge in [-0.2, -0.15) is 0 Å². The van der Waals surface area contributed by atoms with Gasteiger partial charge < -0.3 is 9.47 Å². The lowest BCUT2D eigenvalue weighted by molar-refractivity contribution is -0.384. The van der Waals surface area contributed by atoms with Crippen LogP contribution in [0.15, 0.2) is 16.6 Å². The summed E-state index contributed by atoms with van der Waals surface area (Å²) in [4.78, 5) is 46.6. The zero-order valence-corrected chi connectivity index (χ0v) is 14.8. The average Bonchev–Trinajstić information content (AvgIpc) is 2.53. The van der Waals surface area contributed by atoms with E-state index in [1.54, 1.807) is 6.92 Å². The van der Waals surface area contributed by atoms with E-state index in [1.165, 1.54) is 20.0 Å². The van der Waals surface area contributed by atoms with Gasteiger partial charge in [0.1, 0.15) is 5.69 Å². The Morgan fingerprint density at radius 1 is 1.21 bits per heavy atom. The highest BCUT2D eigenvalue weighted by molar-refractivity contribution is 9.10. The smallest absolute Gasteiger partial charge is 0.397 e. The minimum Gasteiger partial charge on any atom is -0.462 e. The van der Waals surface area contributed by atoms with Crippen molar-refractivity contribution >= 4 is 45.2 Å². The lowest BCUT2D eigenvalue weighted by Gasteiger charge is -2.17. The highest BCUT2D eigenvalue weighted by atomic mass is 79.9. The van der Waals surface area contributed by atoms with Gasteiger partial charge in [-0.1, -0.05) is 0 Å². The highest BCUT2D eigenvalue weighted by Gasteiger charge is 2.29. The van der Waals surface area contributed by atoms with Gasteiger partial charge in [-0.25, -0.2) is 9.59 Å². The van der Waals surface area contributed by atoms with Gasteiger partial charge in [-0.15, -0.1) is 0 Å². The molecule has 0 N–H and O–H groups in total. The maximum Gasteiger partial charge on any atom is 0.397 e. The molecule has 0 bridgehead atoms. The minimum absolute atomic E-state index is 0.00794. The van der Waals surface area contributed by atoms with Gasteiger partial charge in [0.2, 0.25) is 0 Å². The van der Waals surface area contributed by atoms with E-state index in [2.05, 4.69) is 20.7 Å². The molecule has 0 aliphatic heterocycles. The number of ether oxygens (including phenoxy) is 2. The van der Waals surface area contributed by atoms with Crippen molar-refractivity contribution in [1.82, 2.24) is 0 Å². The predicted molar refractivity (Wildman–Crippen MR) is 86.8 cm³/mol. The van der Waals surface area contributed by atoms with Crippen molar-refractivity contribution in [3.63, 3.8) is 0 Å². The Morgan fingerprint density at radius 3 is 2.29 bits per heavy atom. The second-order valence-electron chi connectivity index (χ2n) is 4.38. The van der Waals surface area contributed by atoms with Crippen LogP contribution in [0.1, 0.15) is 24.2 Å². The molecular weight excluding hydrogens is 388 g/mol.